The fourth-order valence-corrected chi connectivity index (χ4v) is 5.14. The van der Waals surface area contributed by atoms with Crippen LogP contribution in [0.5, 0.6) is 11.5 Å². The molecule has 0 bridgehead atoms. The van der Waals surface area contributed by atoms with Crippen molar-refractivity contribution in [1.29, 1.82) is 0 Å². The lowest BCUT2D eigenvalue weighted by molar-refractivity contribution is -0.129. The van der Waals surface area contributed by atoms with E-state index in [0.717, 1.165) is 60.8 Å². The molecule has 2 aliphatic rings. The van der Waals surface area contributed by atoms with Gasteiger partial charge in [0, 0.05) is 18.0 Å². The molecular formula is C25H28N4O3S. The summed E-state index contributed by atoms with van der Waals surface area (Å²) in [6.07, 6.45) is 4.17. The van der Waals surface area contributed by atoms with Gasteiger partial charge in [-0.2, -0.15) is 0 Å². The van der Waals surface area contributed by atoms with Crippen LogP contribution < -0.4 is 9.47 Å². The Bertz CT molecular complexity index is 1130. The van der Waals surface area contributed by atoms with Crippen molar-refractivity contribution in [2.45, 2.75) is 42.8 Å². The largest absolute Gasteiger partial charge is 0.497 e. The van der Waals surface area contributed by atoms with Crippen LogP contribution in [0.15, 0.2) is 53.7 Å². The van der Waals surface area contributed by atoms with Crippen LogP contribution in [0.3, 0.4) is 0 Å². The van der Waals surface area contributed by atoms with Crippen molar-refractivity contribution < 1.29 is 14.3 Å². The Morgan fingerprint density at radius 2 is 1.91 bits per heavy atom. The Kier molecular flexibility index (Phi) is 6.26. The first-order valence-electron chi connectivity index (χ1n) is 11.3. The summed E-state index contributed by atoms with van der Waals surface area (Å²) < 4.78 is 12.9. The average Bonchev–Trinajstić information content (AvgIpc) is 3.42. The molecule has 0 N–H and O–H groups in total. The van der Waals surface area contributed by atoms with Crippen molar-refractivity contribution in [3.8, 4) is 17.2 Å². The first-order chi connectivity index (χ1) is 16.2. The highest BCUT2D eigenvalue weighted by atomic mass is 32.2. The second kappa shape index (κ2) is 9.47. The second-order valence-electron chi connectivity index (χ2n) is 8.42. The molecule has 172 valence electrons. The third kappa shape index (κ3) is 4.57. The summed E-state index contributed by atoms with van der Waals surface area (Å²) in [5.41, 5.74) is 2.00. The molecule has 1 saturated heterocycles. The fourth-order valence-electron chi connectivity index (χ4n) is 4.43. The van der Waals surface area contributed by atoms with E-state index in [1.165, 1.54) is 11.8 Å². The number of hydrogen-bond donors (Lipinski definition) is 0. The molecule has 1 atom stereocenters. The van der Waals surface area contributed by atoms with Crippen LogP contribution in [0, 0.1) is 0 Å². The van der Waals surface area contributed by atoms with E-state index >= 15 is 0 Å². The van der Waals surface area contributed by atoms with Crippen LogP contribution in [-0.4, -0.2) is 52.1 Å². The van der Waals surface area contributed by atoms with E-state index in [0.29, 0.717) is 16.8 Å². The van der Waals surface area contributed by atoms with E-state index in [1.54, 1.807) is 14.2 Å². The van der Waals surface area contributed by atoms with E-state index in [4.69, 9.17) is 19.6 Å². The maximum atomic E-state index is 13.2. The van der Waals surface area contributed by atoms with Crippen LogP contribution in [0.4, 0.5) is 0 Å². The van der Waals surface area contributed by atoms with Crippen molar-refractivity contribution in [2.75, 3.05) is 26.5 Å². The van der Waals surface area contributed by atoms with Crippen LogP contribution >= 0.6 is 11.8 Å². The number of ether oxygens (including phenoxy) is 2. The number of para-hydroxylation sites is 1. The Labute approximate surface area is 198 Å². The zero-order valence-corrected chi connectivity index (χ0v) is 19.8. The van der Waals surface area contributed by atoms with Gasteiger partial charge in [-0.05, 0) is 56.0 Å². The molecule has 0 unspecified atom stereocenters. The van der Waals surface area contributed by atoms with Crippen LogP contribution in [0.2, 0.25) is 0 Å². The zero-order valence-electron chi connectivity index (χ0n) is 18.9. The Morgan fingerprint density at radius 1 is 1.09 bits per heavy atom. The average molecular weight is 465 g/mol. The molecule has 1 aliphatic heterocycles. The van der Waals surface area contributed by atoms with Crippen molar-refractivity contribution in [3.05, 3.63) is 59.9 Å². The minimum absolute atomic E-state index is 0.0139. The van der Waals surface area contributed by atoms with Gasteiger partial charge in [0.25, 0.3) is 0 Å². The highest BCUT2D eigenvalue weighted by Gasteiger charge is 2.33. The number of nitrogens with zero attached hydrogens (tertiary/aromatic N) is 4. The minimum Gasteiger partial charge on any atom is -0.497 e. The standard InChI is InChI=1S/C25H28N4O3S/c1-31-19-12-13-22(32-2)20(15-19)21-9-6-14-28(21)23(30)16-33-25-26-24(17-10-11-17)29(27-25)18-7-4-3-5-8-18/h3-5,7-8,12-13,15,17,21H,6,9-11,14,16H2,1-2H3/t21-/m1/s1. The van der Waals surface area contributed by atoms with Gasteiger partial charge >= 0.3 is 0 Å². The molecule has 1 saturated carbocycles. The predicted molar refractivity (Wildman–Crippen MR) is 127 cm³/mol. The smallest absolute Gasteiger partial charge is 0.233 e. The summed E-state index contributed by atoms with van der Waals surface area (Å²) in [5, 5.41) is 5.39. The van der Waals surface area contributed by atoms with E-state index < -0.39 is 0 Å². The molecule has 0 spiro atoms. The third-order valence-electron chi connectivity index (χ3n) is 6.25. The number of aromatic nitrogens is 3. The van der Waals surface area contributed by atoms with Crippen molar-refractivity contribution in [2.24, 2.45) is 0 Å². The van der Waals surface area contributed by atoms with E-state index in [1.807, 2.05) is 58.1 Å². The molecule has 2 aromatic carbocycles. The van der Waals surface area contributed by atoms with Gasteiger partial charge in [-0.25, -0.2) is 9.67 Å². The van der Waals surface area contributed by atoms with Gasteiger partial charge in [0.2, 0.25) is 11.1 Å². The lowest BCUT2D eigenvalue weighted by atomic mass is 10.0. The van der Waals surface area contributed by atoms with Gasteiger partial charge in [0.1, 0.15) is 17.3 Å². The summed E-state index contributed by atoms with van der Waals surface area (Å²) in [4.78, 5) is 20.0. The van der Waals surface area contributed by atoms with Gasteiger partial charge in [0.15, 0.2) is 0 Å². The molecular weight excluding hydrogens is 436 g/mol. The van der Waals surface area contributed by atoms with Gasteiger partial charge < -0.3 is 14.4 Å². The SMILES string of the molecule is COc1ccc(OC)c([C@H]2CCCN2C(=O)CSc2nc(C3CC3)n(-c3ccccc3)n2)c1. The number of carbonyl (C=O) groups is 1. The maximum absolute atomic E-state index is 13.2. The second-order valence-corrected chi connectivity index (χ2v) is 9.36. The van der Waals surface area contributed by atoms with Crippen molar-refractivity contribution in [1.82, 2.24) is 19.7 Å². The van der Waals surface area contributed by atoms with E-state index in [9.17, 15) is 4.79 Å². The molecule has 1 aliphatic carbocycles. The normalized spacial score (nSPS) is 17.9. The van der Waals surface area contributed by atoms with Crippen molar-refractivity contribution >= 4 is 17.7 Å². The molecule has 2 heterocycles. The van der Waals surface area contributed by atoms with Crippen LogP contribution in [0.1, 0.15) is 49.0 Å². The number of hydrogen-bond acceptors (Lipinski definition) is 6. The summed E-state index contributed by atoms with van der Waals surface area (Å²) in [6.45, 7) is 0.740. The summed E-state index contributed by atoms with van der Waals surface area (Å²) >= 11 is 1.41. The number of carbonyl (C=O) groups excluding carboxylic acids is 1. The summed E-state index contributed by atoms with van der Waals surface area (Å²) in [5.74, 6) is 3.42. The number of likely N-dealkylation sites (tertiary alicyclic amines) is 1. The predicted octanol–water partition coefficient (Wildman–Crippen LogP) is 4.62. The molecule has 33 heavy (non-hydrogen) atoms. The van der Waals surface area contributed by atoms with Gasteiger partial charge in [-0.1, -0.05) is 30.0 Å². The molecule has 1 amide bonds. The van der Waals surface area contributed by atoms with Gasteiger partial charge in [-0.3, -0.25) is 4.79 Å². The van der Waals surface area contributed by atoms with Gasteiger partial charge in [-0.15, -0.1) is 5.10 Å². The number of benzene rings is 2. The highest BCUT2D eigenvalue weighted by molar-refractivity contribution is 7.99. The monoisotopic (exact) mass is 464 g/mol. The quantitative estimate of drug-likeness (QED) is 0.453. The molecule has 2 fully saturated rings. The number of thioether (sulfide) groups is 1. The number of methoxy groups -OCH3 is 2. The minimum atomic E-state index is -0.0139. The maximum Gasteiger partial charge on any atom is 0.233 e. The summed E-state index contributed by atoms with van der Waals surface area (Å²) in [7, 11) is 3.31. The molecule has 5 rings (SSSR count). The lowest BCUT2D eigenvalue weighted by Crippen LogP contribution is -2.32. The lowest BCUT2D eigenvalue weighted by Gasteiger charge is -2.26. The fraction of sp³-hybridized carbons (Fsp3) is 0.400. The highest BCUT2D eigenvalue weighted by Crippen LogP contribution is 2.41. The van der Waals surface area contributed by atoms with E-state index in [2.05, 4.69) is 0 Å². The Balaban J connectivity index is 1.31. The van der Waals surface area contributed by atoms with Crippen LogP contribution in [0.25, 0.3) is 5.69 Å². The van der Waals surface area contributed by atoms with Gasteiger partial charge in [0.05, 0.1) is 31.7 Å². The molecule has 3 aromatic rings. The molecule has 7 nitrogen and oxygen atoms in total. The molecule has 1 aromatic heterocycles. The molecule has 0 radical (unpaired) electrons. The van der Waals surface area contributed by atoms with E-state index in [-0.39, 0.29) is 11.9 Å². The van der Waals surface area contributed by atoms with Crippen LogP contribution in [-0.2, 0) is 4.79 Å². The topological polar surface area (TPSA) is 69.5 Å². The first-order valence-corrected chi connectivity index (χ1v) is 12.3. The Morgan fingerprint density at radius 3 is 2.64 bits per heavy atom. The third-order valence-corrected chi connectivity index (χ3v) is 7.07. The van der Waals surface area contributed by atoms with Crippen molar-refractivity contribution in [3.63, 3.8) is 0 Å². The first kappa shape index (κ1) is 21.8. The number of rotatable bonds is 8. The zero-order chi connectivity index (χ0) is 22.8. The molecule has 8 heteroatoms. The summed E-state index contributed by atoms with van der Waals surface area (Å²) in [6, 6.07) is 15.8. The Hall–Kier alpha value is -3.00. The number of amides is 1.